The summed E-state index contributed by atoms with van der Waals surface area (Å²) in [4.78, 5) is 27.5. The van der Waals surface area contributed by atoms with Crippen molar-refractivity contribution in [2.75, 3.05) is 39.8 Å². The molecule has 1 aliphatic rings. The Labute approximate surface area is 143 Å². The normalized spacial score (nSPS) is 15.8. The van der Waals surface area contributed by atoms with E-state index in [1.807, 2.05) is 29.2 Å². The molecule has 6 nitrogen and oxygen atoms in total. The number of hydrogen-bond donors (Lipinski definition) is 1. The number of nitrogens with zero attached hydrogens (tertiary/aromatic N) is 2. The van der Waals surface area contributed by atoms with Crippen LogP contribution in [-0.4, -0.2) is 61.4 Å². The molecule has 0 aromatic heterocycles. The first-order valence-corrected chi connectivity index (χ1v) is 8.50. The predicted octanol–water partition coefficient (Wildman–Crippen LogP) is 1.04. The Bertz CT molecular complexity index is 545. The standard InChI is InChI=1S/C18H27N3O3/c1-24-16-6-3-15(4-7-16)5-8-18(23)21-11-2-10-20(13-14-21)12-9-17(19)22/h3-4,6-7H,2,5,8-14H2,1H3,(H2,19,22). The van der Waals surface area contributed by atoms with E-state index in [4.69, 9.17) is 10.5 Å². The van der Waals surface area contributed by atoms with Gasteiger partial charge in [0.15, 0.2) is 0 Å². The summed E-state index contributed by atoms with van der Waals surface area (Å²) in [6.45, 7) is 3.91. The Hall–Kier alpha value is -2.08. The van der Waals surface area contributed by atoms with Gasteiger partial charge in [-0.15, -0.1) is 0 Å². The highest BCUT2D eigenvalue weighted by molar-refractivity contribution is 5.76. The van der Waals surface area contributed by atoms with Crippen LogP contribution in [0.3, 0.4) is 0 Å². The van der Waals surface area contributed by atoms with Crippen molar-refractivity contribution in [3.05, 3.63) is 29.8 Å². The van der Waals surface area contributed by atoms with Crippen LogP contribution in [-0.2, 0) is 16.0 Å². The van der Waals surface area contributed by atoms with Crippen LogP contribution >= 0.6 is 0 Å². The van der Waals surface area contributed by atoms with E-state index in [9.17, 15) is 9.59 Å². The average Bonchev–Trinajstić information content (AvgIpc) is 2.84. The van der Waals surface area contributed by atoms with Gasteiger partial charge in [0.2, 0.25) is 11.8 Å². The maximum atomic E-state index is 12.4. The lowest BCUT2D eigenvalue weighted by Gasteiger charge is -2.21. The second kappa shape index (κ2) is 9.27. The minimum Gasteiger partial charge on any atom is -0.497 e. The van der Waals surface area contributed by atoms with Gasteiger partial charge in [-0.05, 0) is 37.1 Å². The zero-order valence-corrected chi connectivity index (χ0v) is 14.4. The first-order chi connectivity index (χ1) is 11.6. The minimum atomic E-state index is -0.272. The minimum absolute atomic E-state index is 0.197. The lowest BCUT2D eigenvalue weighted by atomic mass is 10.1. The van der Waals surface area contributed by atoms with E-state index >= 15 is 0 Å². The molecular weight excluding hydrogens is 306 g/mol. The van der Waals surface area contributed by atoms with Crippen molar-refractivity contribution in [3.63, 3.8) is 0 Å². The van der Waals surface area contributed by atoms with Crippen molar-refractivity contribution >= 4 is 11.8 Å². The fourth-order valence-corrected chi connectivity index (χ4v) is 2.91. The molecule has 2 rings (SSSR count). The number of amides is 2. The molecule has 0 saturated carbocycles. The van der Waals surface area contributed by atoms with Gasteiger partial charge in [0, 0.05) is 39.0 Å². The van der Waals surface area contributed by atoms with Crippen LogP contribution in [0.25, 0.3) is 0 Å². The summed E-state index contributed by atoms with van der Waals surface area (Å²) in [6.07, 6.45) is 2.58. The molecule has 2 N–H and O–H groups in total. The van der Waals surface area contributed by atoms with E-state index in [0.29, 0.717) is 19.4 Å². The van der Waals surface area contributed by atoms with Gasteiger partial charge in [0.1, 0.15) is 5.75 Å². The Morgan fingerprint density at radius 3 is 2.50 bits per heavy atom. The van der Waals surface area contributed by atoms with Crippen LogP contribution in [0.4, 0.5) is 0 Å². The quantitative estimate of drug-likeness (QED) is 0.809. The highest BCUT2D eigenvalue weighted by Gasteiger charge is 2.19. The summed E-state index contributed by atoms with van der Waals surface area (Å²) >= 11 is 0. The first-order valence-electron chi connectivity index (χ1n) is 8.50. The Balaban J connectivity index is 1.76. The number of rotatable bonds is 7. The average molecular weight is 333 g/mol. The molecule has 0 bridgehead atoms. The molecule has 132 valence electrons. The maximum absolute atomic E-state index is 12.4. The first kappa shape index (κ1) is 18.3. The summed E-state index contributed by atoms with van der Waals surface area (Å²) in [7, 11) is 1.64. The van der Waals surface area contributed by atoms with Gasteiger partial charge in [0.05, 0.1) is 7.11 Å². The molecule has 1 aromatic rings. The second-order valence-electron chi connectivity index (χ2n) is 6.14. The summed E-state index contributed by atoms with van der Waals surface area (Å²) in [5.74, 6) is 0.753. The van der Waals surface area contributed by atoms with Crippen LogP contribution in [0.2, 0.25) is 0 Å². The van der Waals surface area contributed by atoms with Gasteiger partial charge in [-0.2, -0.15) is 0 Å². The number of aryl methyl sites for hydroxylation is 1. The molecule has 0 radical (unpaired) electrons. The van der Waals surface area contributed by atoms with E-state index in [0.717, 1.165) is 50.3 Å². The predicted molar refractivity (Wildman–Crippen MR) is 92.8 cm³/mol. The highest BCUT2D eigenvalue weighted by Crippen LogP contribution is 2.13. The van der Waals surface area contributed by atoms with Crippen molar-refractivity contribution in [3.8, 4) is 5.75 Å². The van der Waals surface area contributed by atoms with Crippen LogP contribution in [0.15, 0.2) is 24.3 Å². The fourth-order valence-electron chi connectivity index (χ4n) is 2.91. The highest BCUT2D eigenvalue weighted by atomic mass is 16.5. The lowest BCUT2D eigenvalue weighted by Crippen LogP contribution is -2.36. The second-order valence-corrected chi connectivity index (χ2v) is 6.14. The van der Waals surface area contributed by atoms with E-state index in [1.165, 1.54) is 0 Å². The van der Waals surface area contributed by atoms with Crippen LogP contribution in [0, 0.1) is 0 Å². The number of methoxy groups -OCH3 is 1. The number of primary amides is 1. The maximum Gasteiger partial charge on any atom is 0.222 e. The monoisotopic (exact) mass is 333 g/mol. The molecule has 0 unspecified atom stereocenters. The number of nitrogens with two attached hydrogens (primary N) is 1. The van der Waals surface area contributed by atoms with Crippen molar-refractivity contribution in [1.82, 2.24) is 9.80 Å². The molecule has 1 aromatic carbocycles. The van der Waals surface area contributed by atoms with Gasteiger partial charge >= 0.3 is 0 Å². The molecule has 1 fully saturated rings. The molecule has 0 spiro atoms. The molecule has 2 amide bonds. The van der Waals surface area contributed by atoms with Gasteiger partial charge in [-0.3, -0.25) is 9.59 Å². The fraction of sp³-hybridized carbons (Fsp3) is 0.556. The van der Waals surface area contributed by atoms with Crippen LogP contribution in [0.1, 0.15) is 24.8 Å². The molecular formula is C18H27N3O3. The third-order valence-corrected chi connectivity index (χ3v) is 4.40. The largest absolute Gasteiger partial charge is 0.497 e. The summed E-state index contributed by atoms with van der Waals surface area (Å²) in [5, 5.41) is 0. The number of hydrogen-bond acceptors (Lipinski definition) is 4. The molecule has 0 aliphatic carbocycles. The van der Waals surface area contributed by atoms with Crippen molar-refractivity contribution in [1.29, 1.82) is 0 Å². The third-order valence-electron chi connectivity index (χ3n) is 4.40. The smallest absolute Gasteiger partial charge is 0.222 e. The number of ether oxygens (including phenoxy) is 1. The van der Waals surface area contributed by atoms with Gasteiger partial charge in [-0.1, -0.05) is 12.1 Å². The van der Waals surface area contributed by atoms with Gasteiger partial charge < -0.3 is 20.3 Å². The van der Waals surface area contributed by atoms with E-state index in [2.05, 4.69) is 4.90 Å². The number of carbonyl (C=O) groups is 2. The molecule has 1 aliphatic heterocycles. The zero-order valence-electron chi connectivity index (χ0n) is 14.4. The molecule has 0 atom stereocenters. The summed E-state index contributed by atoms with van der Waals surface area (Å²) < 4.78 is 5.14. The Morgan fingerprint density at radius 2 is 1.83 bits per heavy atom. The third kappa shape index (κ3) is 5.85. The topological polar surface area (TPSA) is 75.9 Å². The van der Waals surface area contributed by atoms with E-state index < -0.39 is 0 Å². The van der Waals surface area contributed by atoms with E-state index in [-0.39, 0.29) is 11.8 Å². The Morgan fingerprint density at radius 1 is 1.08 bits per heavy atom. The van der Waals surface area contributed by atoms with Crippen LogP contribution < -0.4 is 10.5 Å². The number of carbonyl (C=O) groups excluding carboxylic acids is 2. The zero-order chi connectivity index (χ0) is 17.4. The summed E-state index contributed by atoms with van der Waals surface area (Å²) in [5.41, 5.74) is 6.34. The molecule has 6 heteroatoms. The van der Waals surface area contributed by atoms with Crippen molar-refractivity contribution in [2.45, 2.75) is 25.7 Å². The lowest BCUT2D eigenvalue weighted by molar-refractivity contribution is -0.131. The summed E-state index contributed by atoms with van der Waals surface area (Å²) in [6, 6.07) is 7.84. The molecule has 24 heavy (non-hydrogen) atoms. The van der Waals surface area contributed by atoms with Gasteiger partial charge in [0.25, 0.3) is 0 Å². The van der Waals surface area contributed by atoms with Crippen molar-refractivity contribution in [2.24, 2.45) is 5.73 Å². The van der Waals surface area contributed by atoms with Crippen LogP contribution in [0.5, 0.6) is 5.75 Å². The van der Waals surface area contributed by atoms with Crippen molar-refractivity contribution < 1.29 is 14.3 Å². The Kier molecular flexibility index (Phi) is 7.06. The molecule has 1 heterocycles. The molecule has 1 saturated heterocycles. The SMILES string of the molecule is COc1ccc(CCC(=O)N2CCCN(CCC(N)=O)CC2)cc1. The van der Waals surface area contributed by atoms with E-state index in [1.54, 1.807) is 7.11 Å². The van der Waals surface area contributed by atoms with Gasteiger partial charge in [-0.25, -0.2) is 0 Å². The number of benzene rings is 1.